The summed E-state index contributed by atoms with van der Waals surface area (Å²) in [4.78, 5) is 38.9. The summed E-state index contributed by atoms with van der Waals surface area (Å²) in [5.41, 5.74) is -0.902. The average molecular weight is 388 g/mol. The zero-order valence-electron chi connectivity index (χ0n) is 13.6. The van der Waals surface area contributed by atoms with Crippen LogP contribution in [0.15, 0.2) is 64.9 Å². The van der Waals surface area contributed by atoms with E-state index in [1.807, 2.05) is 0 Å². The van der Waals surface area contributed by atoms with Crippen molar-refractivity contribution in [2.24, 2.45) is 0 Å². The topological polar surface area (TPSA) is 142 Å². The molecule has 0 radical (unpaired) electrons. The molecule has 138 valence electrons. The molecule has 27 heavy (non-hydrogen) atoms. The van der Waals surface area contributed by atoms with Crippen molar-refractivity contribution in [1.29, 1.82) is 0 Å². The lowest BCUT2D eigenvalue weighted by atomic mass is 10.00. The summed E-state index contributed by atoms with van der Waals surface area (Å²) in [6.45, 7) is 3.41. The highest BCUT2D eigenvalue weighted by molar-refractivity contribution is 7.96. The second kappa shape index (κ2) is 6.32. The summed E-state index contributed by atoms with van der Waals surface area (Å²) in [6.07, 6.45) is 4.11. The largest absolute Gasteiger partial charge is 0.478 e. The van der Waals surface area contributed by atoms with E-state index in [9.17, 15) is 27.9 Å². The minimum atomic E-state index is -4.22. The van der Waals surface area contributed by atoms with Crippen LogP contribution in [0.5, 0.6) is 0 Å². The van der Waals surface area contributed by atoms with Crippen LogP contribution in [0, 0.1) is 0 Å². The molecule has 10 heteroatoms. The second-order valence-electron chi connectivity index (χ2n) is 5.59. The van der Waals surface area contributed by atoms with Crippen LogP contribution in [0.1, 0.15) is 5.69 Å². The van der Waals surface area contributed by atoms with Crippen molar-refractivity contribution < 1.29 is 33.0 Å². The van der Waals surface area contributed by atoms with Gasteiger partial charge in [0.25, 0.3) is 5.91 Å². The van der Waals surface area contributed by atoms with Crippen molar-refractivity contribution in [3.05, 3.63) is 70.6 Å². The number of allylic oxidation sites excluding steroid dienone is 2. The number of carboxylic acid groups (broad SMARTS) is 2. The summed E-state index contributed by atoms with van der Waals surface area (Å²) >= 11 is 0. The Morgan fingerprint density at radius 1 is 1.26 bits per heavy atom. The predicted molar refractivity (Wildman–Crippen MR) is 92.3 cm³/mol. The molecule has 0 saturated carbocycles. The zero-order valence-corrected chi connectivity index (χ0v) is 14.4. The number of pyridine rings is 1. The van der Waals surface area contributed by atoms with Gasteiger partial charge in [-0.25, -0.2) is 18.0 Å². The molecule has 0 aromatic carbocycles. The van der Waals surface area contributed by atoms with E-state index in [1.54, 1.807) is 18.2 Å². The summed E-state index contributed by atoms with van der Waals surface area (Å²) < 4.78 is 25.6. The smallest absolute Gasteiger partial charge is 0.353 e. The molecule has 1 amide bonds. The van der Waals surface area contributed by atoms with Gasteiger partial charge < -0.3 is 10.2 Å². The fourth-order valence-electron chi connectivity index (χ4n) is 2.80. The first-order chi connectivity index (χ1) is 12.7. The fourth-order valence-corrected chi connectivity index (χ4v) is 4.52. The molecule has 0 bridgehead atoms. The van der Waals surface area contributed by atoms with Gasteiger partial charge in [-0.2, -0.15) is 0 Å². The Morgan fingerprint density at radius 2 is 1.96 bits per heavy atom. The van der Waals surface area contributed by atoms with Crippen molar-refractivity contribution in [2.45, 2.75) is 5.37 Å². The number of rotatable bonds is 4. The Kier molecular flexibility index (Phi) is 4.28. The Bertz CT molecular complexity index is 1080. The van der Waals surface area contributed by atoms with Gasteiger partial charge in [0.15, 0.2) is 5.37 Å². The van der Waals surface area contributed by atoms with Gasteiger partial charge in [-0.1, -0.05) is 12.6 Å². The third-order valence-corrected chi connectivity index (χ3v) is 5.95. The van der Waals surface area contributed by atoms with Crippen LogP contribution >= 0.6 is 0 Å². The first kappa shape index (κ1) is 18.3. The van der Waals surface area contributed by atoms with Crippen molar-refractivity contribution in [3.8, 4) is 0 Å². The van der Waals surface area contributed by atoms with Crippen LogP contribution in [0.25, 0.3) is 6.08 Å². The number of sulfone groups is 1. The minimum absolute atomic E-state index is 0.144. The predicted octanol–water partition coefficient (Wildman–Crippen LogP) is 0.555. The molecule has 1 saturated heterocycles. The number of hydrogen-bond acceptors (Lipinski definition) is 6. The Balaban J connectivity index is 2.18. The normalized spacial score (nSPS) is 22.7. The van der Waals surface area contributed by atoms with E-state index in [-0.39, 0.29) is 5.57 Å². The van der Waals surface area contributed by atoms with Gasteiger partial charge in [0, 0.05) is 17.8 Å². The standard InChI is InChI=1S/C17H12N2O7S/c1-9-11(5-6-13(20)21)14(17(23)24)19-15(22)12(16(19)27(9,25)26)8-10-4-2-3-7-18-10/h2-8,16H,1H2,(H,20,21)(H,23,24)/b6-5+,12-8-/t16-/m1/s1. The van der Waals surface area contributed by atoms with E-state index in [0.717, 1.165) is 6.08 Å². The Hall–Kier alpha value is -3.53. The maximum Gasteiger partial charge on any atom is 0.353 e. The molecule has 1 aromatic heterocycles. The lowest BCUT2D eigenvalue weighted by Gasteiger charge is -2.45. The molecule has 1 aromatic rings. The monoisotopic (exact) mass is 388 g/mol. The minimum Gasteiger partial charge on any atom is -0.478 e. The Morgan fingerprint density at radius 3 is 2.52 bits per heavy atom. The number of hydrogen-bond donors (Lipinski definition) is 2. The Labute approximate surface area is 153 Å². The number of aliphatic carboxylic acids is 2. The molecule has 0 unspecified atom stereocenters. The molecule has 2 aliphatic heterocycles. The van der Waals surface area contributed by atoms with Crippen molar-refractivity contribution >= 4 is 33.8 Å². The van der Waals surface area contributed by atoms with E-state index in [0.29, 0.717) is 16.7 Å². The average Bonchev–Trinajstić information content (AvgIpc) is 2.61. The summed E-state index contributed by atoms with van der Waals surface area (Å²) in [5, 5.41) is 16.7. The van der Waals surface area contributed by atoms with E-state index < -0.39 is 49.2 Å². The molecule has 3 heterocycles. The van der Waals surface area contributed by atoms with Crippen LogP contribution in [0.2, 0.25) is 0 Å². The van der Waals surface area contributed by atoms with Crippen LogP contribution in [-0.4, -0.2) is 51.7 Å². The summed E-state index contributed by atoms with van der Waals surface area (Å²) in [7, 11) is -4.22. The number of nitrogens with zero attached hydrogens (tertiary/aromatic N) is 2. The molecular formula is C17H12N2O7S. The molecule has 2 aliphatic rings. The van der Waals surface area contributed by atoms with Crippen molar-refractivity contribution in [3.63, 3.8) is 0 Å². The maximum absolute atomic E-state index is 12.8. The molecule has 0 spiro atoms. The van der Waals surface area contributed by atoms with Crippen LogP contribution in [0.3, 0.4) is 0 Å². The van der Waals surface area contributed by atoms with Gasteiger partial charge in [0.05, 0.1) is 16.2 Å². The van der Waals surface area contributed by atoms with E-state index >= 15 is 0 Å². The quantitative estimate of drug-likeness (QED) is 0.563. The van der Waals surface area contributed by atoms with Gasteiger partial charge in [-0.3, -0.25) is 14.7 Å². The number of carbonyl (C=O) groups is 3. The molecule has 3 rings (SSSR count). The number of β-lactam (4-membered cyclic amide) rings is 1. The number of fused-ring (bicyclic) bond motifs is 1. The van der Waals surface area contributed by atoms with Gasteiger partial charge in [-0.05, 0) is 24.3 Å². The van der Waals surface area contributed by atoms with Crippen LogP contribution < -0.4 is 0 Å². The van der Waals surface area contributed by atoms with Gasteiger partial charge in [-0.15, -0.1) is 0 Å². The molecule has 1 fully saturated rings. The first-order valence-electron chi connectivity index (χ1n) is 7.44. The zero-order chi connectivity index (χ0) is 19.9. The SMILES string of the molecule is C=C1C(/C=C/C(=O)O)=C(C(=O)O)N2C(=O)/C(=C/c3ccccn3)[C@H]2S1(=O)=O. The van der Waals surface area contributed by atoms with E-state index in [2.05, 4.69) is 11.6 Å². The van der Waals surface area contributed by atoms with Crippen LogP contribution in [-0.2, 0) is 24.2 Å². The highest BCUT2D eigenvalue weighted by Gasteiger charge is 2.57. The molecule has 2 N–H and O–H groups in total. The summed E-state index contributed by atoms with van der Waals surface area (Å²) in [5.74, 6) is -3.81. The summed E-state index contributed by atoms with van der Waals surface area (Å²) in [6, 6.07) is 4.84. The number of aromatic nitrogens is 1. The number of carboxylic acids is 2. The number of carbonyl (C=O) groups excluding carboxylic acids is 1. The van der Waals surface area contributed by atoms with Crippen molar-refractivity contribution in [1.82, 2.24) is 9.88 Å². The first-order valence-corrected chi connectivity index (χ1v) is 8.99. The highest BCUT2D eigenvalue weighted by Crippen LogP contribution is 2.45. The molecule has 0 aliphatic carbocycles. The highest BCUT2D eigenvalue weighted by atomic mass is 32.2. The third kappa shape index (κ3) is 2.85. The van der Waals surface area contributed by atoms with Gasteiger partial charge in [0.1, 0.15) is 5.70 Å². The lowest BCUT2D eigenvalue weighted by molar-refractivity contribution is -0.141. The van der Waals surface area contributed by atoms with Gasteiger partial charge in [0.2, 0.25) is 9.84 Å². The number of amides is 1. The second-order valence-corrected chi connectivity index (χ2v) is 7.62. The molecule has 1 atom stereocenters. The maximum atomic E-state index is 12.8. The van der Waals surface area contributed by atoms with E-state index in [1.165, 1.54) is 12.3 Å². The third-order valence-electron chi connectivity index (χ3n) is 3.99. The fraction of sp³-hybridized carbons (Fsp3) is 0.0588. The molecule has 9 nitrogen and oxygen atoms in total. The van der Waals surface area contributed by atoms with Gasteiger partial charge >= 0.3 is 11.9 Å². The molecular weight excluding hydrogens is 376 g/mol. The van der Waals surface area contributed by atoms with E-state index in [4.69, 9.17) is 5.11 Å². The van der Waals surface area contributed by atoms with Crippen molar-refractivity contribution in [2.75, 3.05) is 0 Å². The lowest BCUT2D eigenvalue weighted by Crippen LogP contribution is -2.61. The van der Waals surface area contributed by atoms with Crippen LogP contribution in [0.4, 0.5) is 0 Å².